The average molecular weight is 493 g/mol. The molecule has 0 amide bonds. The Labute approximate surface area is 179 Å². The van der Waals surface area contributed by atoms with E-state index in [0.29, 0.717) is 26.4 Å². The second-order valence-electron chi connectivity index (χ2n) is 5.99. The maximum Gasteiger partial charge on any atom is 0.194 e. The predicted octanol–water partition coefficient (Wildman–Crippen LogP) is 2.31. The van der Waals surface area contributed by atoms with E-state index >= 15 is 0 Å². The predicted molar refractivity (Wildman–Crippen MR) is 118 cm³/mol. The molecule has 0 unspecified atom stereocenters. The van der Waals surface area contributed by atoms with Crippen LogP contribution in [0.1, 0.15) is 18.1 Å². The van der Waals surface area contributed by atoms with Crippen molar-refractivity contribution in [1.29, 1.82) is 0 Å². The molecule has 7 nitrogen and oxygen atoms in total. The van der Waals surface area contributed by atoms with Crippen molar-refractivity contribution in [2.75, 3.05) is 60.8 Å². The standard InChI is InChI=1S/C19H31N3O4.HI/c1-5-20-19(21-7-9-26-11-10-23-2)22-8-6-15-12-17(24-3)18(25-4)13-16(15)14-22;/h12-13H,5-11,14H2,1-4H3,(H,20,21);1H. The van der Waals surface area contributed by atoms with Crippen molar-refractivity contribution >= 4 is 29.9 Å². The lowest BCUT2D eigenvalue weighted by atomic mass is 9.99. The fourth-order valence-electron chi connectivity index (χ4n) is 2.95. The quantitative estimate of drug-likeness (QED) is 0.247. The summed E-state index contributed by atoms with van der Waals surface area (Å²) in [6, 6.07) is 4.15. The van der Waals surface area contributed by atoms with Gasteiger partial charge in [-0.3, -0.25) is 4.99 Å². The maximum absolute atomic E-state index is 5.49. The third-order valence-electron chi connectivity index (χ3n) is 4.28. The SMILES string of the molecule is CCNC(=NCCOCCOC)N1CCc2cc(OC)c(OC)cc2C1.I. The summed E-state index contributed by atoms with van der Waals surface area (Å²) in [5.41, 5.74) is 2.55. The van der Waals surface area contributed by atoms with E-state index in [1.54, 1.807) is 21.3 Å². The molecule has 154 valence electrons. The van der Waals surface area contributed by atoms with Crippen LogP contribution in [-0.4, -0.2) is 71.6 Å². The lowest BCUT2D eigenvalue weighted by Gasteiger charge is -2.32. The molecule has 2 rings (SSSR count). The van der Waals surface area contributed by atoms with Gasteiger partial charge in [0.15, 0.2) is 17.5 Å². The van der Waals surface area contributed by atoms with Crippen molar-refractivity contribution in [3.63, 3.8) is 0 Å². The zero-order chi connectivity index (χ0) is 18.8. The van der Waals surface area contributed by atoms with Gasteiger partial charge in [0.25, 0.3) is 0 Å². The van der Waals surface area contributed by atoms with Gasteiger partial charge < -0.3 is 29.2 Å². The number of fused-ring (bicyclic) bond motifs is 1. The highest BCUT2D eigenvalue weighted by molar-refractivity contribution is 14.0. The number of nitrogens with one attached hydrogen (secondary N) is 1. The molecule has 0 fully saturated rings. The van der Waals surface area contributed by atoms with Gasteiger partial charge in [-0.2, -0.15) is 0 Å². The van der Waals surface area contributed by atoms with Crippen LogP contribution in [-0.2, 0) is 22.4 Å². The molecule has 0 atom stereocenters. The summed E-state index contributed by atoms with van der Waals surface area (Å²) in [5.74, 6) is 2.47. The van der Waals surface area contributed by atoms with Gasteiger partial charge in [0, 0.05) is 26.7 Å². The lowest BCUT2D eigenvalue weighted by molar-refractivity contribution is 0.0747. The molecule has 0 saturated carbocycles. The third-order valence-corrected chi connectivity index (χ3v) is 4.28. The molecular formula is C19H32IN3O4. The summed E-state index contributed by atoms with van der Waals surface area (Å²) >= 11 is 0. The van der Waals surface area contributed by atoms with E-state index in [9.17, 15) is 0 Å². The monoisotopic (exact) mass is 493 g/mol. The van der Waals surface area contributed by atoms with E-state index in [-0.39, 0.29) is 24.0 Å². The minimum atomic E-state index is 0. The topological polar surface area (TPSA) is 64.6 Å². The Kier molecular flexibility index (Phi) is 11.5. The highest BCUT2D eigenvalue weighted by Gasteiger charge is 2.21. The summed E-state index contributed by atoms with van der Waals surface area (Å²) in [6.07, 6.45) is 0.949. The van der Waals surface area contributed by atoms with Crippen molar-refractivity contribution in [3.8, 4) is 11.5 Å². The van der Waals surface area contributed by atoms with Crippen molar-refractivity contribution < 1.29 is 18.9 Å². The van der Waals surface area contributed by atoms with Gasteiger partial charge in [0.1, 0.15) is 0 Å². The molecule has 0 aliphatic carbocycles. The van der Waals surface area contributed by atoms with Gasteiger partial charge in [-0.25, -0.2) is 0 Å². The van der Waals surface area contributed by atoms with Crippen LogP contribution in [0.4, 0.5) is 0 Å². The number of nitrogens with zero attached hydrogens (tertiary/aromatic N) is 2. The van der Waals surface area contributed by atoms with Crippen LogP contribution in [0.3, 0.4) is 0 Å². The normalized spacial score (nSPS) is 13.6. The molecule has 1 N–H and O–H groups in total. The molecule has 1 aliphatic rings. The highest BCUT2D eigenvalue weighted by Crippen LogP contribution is 2.33. The summed E-state index contributed by atoms with van der Waals surface area (Å²) in [6.45, 7) is 7.05. The minimum absolute atomic E-state index is 0. The molecule has 0 radical (unpaired) electrons. The number of benzene rings is 1. The number of hydrogen-bond acceptors (Lipinski definition) is 5. The molecule has 0 aromatic heterocycles. The fraction of sp³-hybridized carbons (Fsp3) is 0.632. The number of guanidine groups is 1. The van der Waals surface area contributed by atoms with Crippen LogP contribution in [0, 0.1) is 0 Å². The minimum Gasteiger partial charge on any atom is -0.493 e. The van der Waals surface area contributed by atoms with Gasteiger partial charge in [0.05, 0.1) is 40.6 Å². The number of rotatable bonds is 9. The average Bonchev–Trinajstić information content (AvgIpc) is 2.68. The van der Waals surface area contributed by atoms with E-state index in [2.05, 4.69) is 29.3 Å². The Balaban J connectivity index is 0.00000364. The first-order chi connectivity index (χ1) is 12.7. The van der Waals surface area contributed by atoms with Crippen LogP contribution in [0.25, 0.3) is 0 Å². The Morgan fingerprint density at radius 2 is 1.78 bits per heavy atom. The number of halogens is 1. The Hall–Kier alpha value is -1.26. The number of ether oxygens (including phenoxy) is 4. The number of hydrogen-bond donors (Lipinski definition) is 1. The lowest BCUT2D eigenvalue weighted by Crippen LogP contribution is -2.44. The summed E-state index contributed by atoms with van der Waals surface area (Å²) in [5, 5.41) is 3.38. The van der Waals surface area contributed by atoms with Gasteiger partial charge in [-0.15, -0.1) is 24.0 Å². The zero-order valence-corrected chi connectivity index (χ0v) is 19.1. The van der Waals surface area contributed by atoms with E-state index in [0.717, 1.165) is 43.5 Å². The molecule has 27 heavy (non-hydrogen) atoms. The molecule has 0 saturated heterocycles. The van der Waals surface area contributed by atoms with Crippen LogP contribution in [0.15, 0.2) is 17.1 Å². The second kappa shape index (κ2) is 13.0. The fourth-order valence-corrected chi connectivity index (χ4v) is 2.95. The van der Waals surface area contributed by atoms with Gasteiger partial charge in [-0.1, -0.05) is 0 Å². The van der Waals surface area contributed by atoms with Gasteiger partial charge >= 0.3 is 0 Å². The molecule has 1 aliphatic heterocycles. The van der Waals surface area contributed by atoms with Gasteiger partial charge in [-0.05, 0) is 36.6 Å². The first-order valence-corrected chi connectivity index (χ1v) is 9.07. The first kappa shape index (κ1) is 23.8. The summed E-state index contributed by atoms with van der Waals surface area (Å²) in [4.78, 5) is 6.96. The number of methoxy groups -OCH3 is 3. The van der Waals surface area contributed by atoms with Crippen molar-refractivity contribution in [1.82, 2.24) is 10.2 Å². The van der Waals surface area contributed by atoms with Crippen molar-refractivity contribution in [2.24, 2.45) is 4.99 Å². The van der Waals surface area contributed by atoms with E-state index < -0.39 is 0 Å². The summed E-state index contributed by atoms with van der Waals surface area (Å²) < 4.78 is 21.3. The highest BCUT2D eigenvalue weighted by atomic mass is 127. The Morgan fingerprint density at radius 3 is 2.41 bits per heavy atom. The van der Waals surface area contributed by atoms with Crippen LogP contribution >= 0.6 is 24.0 Å². The Bertz CT molecular complexity index is 599. The molecule has 1 heterocycles. The maximum atomic E-state index is 5.49. The van der Waals surface area contributed by atoms with Crippen LogP contribution in [0.5, 0.6) is 11.5 Å². The van der Waals surface area contributed by atoms with Crippen LogP contribution in [0.2, 0.25) is 0 Å². The smallest absolute Gasteiger partial charge is 0.194 e. The molecule has 0 spiro atoms. The first-order valence-electron chi connectivity index (χ1n) is 9.07. The molecule has 0 bridgehead atoms. The van der Waals surface area contributed by atoms with Crippen molar-refractivity contribution in [3.05, 3.63) is 23.3 Å². The summed E-state index contributed by atoms with van der Waals surface area (Å²) in [7, 11) is 5.01. The van der Waals surface area contributed by atoms with E-state index in [4.69, 9.17) is 23.9 Å². The zero-order valence-electron chi connectivity index (χ0n) is 16.7. The van der Waals surface area contributed by atoms with Crippen molar-refractivity contribution in [2.45, 2.75) is 19.9 Å². The second-order valence-corrected chi connectivity index (χ2v) is 5.99. The largest absolute Gasteiger partial charge is 0.493 e. The molecule has 1 aromatic rings. The number of aliphatic imine (C=N–C) groups is 1. The van der Waals surface area contributed by atoms with Gasteiger partial charge in [0.2, 0.25) is 0 Å². The Morgan fingerprint density at radius 1 is 1.07 bits per heavy atom. The third kappa shape index (κ3) is 7.00. The molecule has 1 aromatic carbocycles. The molecule has 8 heteroatoms. The van der Waals surface area contributed by atoms with Crippen LogP contribution < -0.4 is 14.8 Å². The van der Waals surface area contributed by atoms with E-state index in [1.165, 1.54) is 11.1 Å². The molecular weight excluding hydrogens is 461 g/mol. The van der Waals surface area contributed by atoms with E-state index in [1.807, 2.05) is 0 Å².